The summed E-state index contributed by atoms with van der Waals surface area (Å²) in [5, 5.41) is 1.94. The minimum Gasteiger partial charge on any atom is -0.465 e. The number of thiophene rings is 1. The molecule has 0 amide bonds. The fourth-order valence-corrected chi connectivity index (χ4v) is 2.79. The van der Waals surface area contributed by atoms with Crippen LogP contribution in [-0.4, -0.2) is 29.2 Å². The molecule has 2 N–H and O–H groups in total. The van der Waals surface area contributed by atoms with Gasteiger partial charge in [0.15, 0.2) is 0 Å². The van der Waals surface area contributed by atoms with Gasteiger partial charge in [0.25, 0.3) is 0 Å². The van der Waals surface area contributed by atoms with Crippen molar-refractivity contribution in [1.29, 1.82) is 0 Å². The monoisotopic (exact) mass is 265 g/mol. The Hall–Kier alpha value is -1.66. The maximum Gasteiger partial charge on any atom is 0.350 e. The molecular formula is C12H15N3O2S. The summed E-state index contributed by atoms with van der Waals surface area (Å²) in [7, 11) is 1.38. The molecule has 2 aromatic heterocycles. The maximum atomic E-state index is 11.7. The van der Waals surface area contributed by atoms with Gasteiger partial charge in [-0.05, 0) is 24.4 Å². The third-order valence-corrected chi connectivity index (χ3v) is 3.74. The summed E-state index contributed by atoms with van der Waals surface area (Å²) in [5.74, 6) is -0.324. The summed E-state index contributed by atoms with van der Waals surface area (Å²) < 4.78 is 6.71. The van der Waals surface area contributed by atoms with Crippen LogP contribution in [0.15, 0.2) is 17.9 Å². The molecule has 0 spiro atoms. The molecule has 0 fully saturated rings. The molecule has 0 saturated heterocycles. The first kappa shape index (κ1) is 12.8. The number of hydrogen-bond donors (Lipinski definition) is 1. The van der Waals surface area contributed by atoms with E-state index in [9.17, 15) is 4.79 Å². The number of imidazole rings is 1. The van der Waals surface area contributed by atoms with Crippen LogP contribution >= 0.6 is 11.3 Å². The van der Waals surface area contributed by atoms with Crippen LogP contribution in [0.2, 0.25) is 0 Å². The van der Waals surface area contributed by atoms with Crippen molar-refractivity contribution in [3.63, 3.8) is 0 Å². The van der Waals surface area contributed by atoms with E-state index in [-0.39, 0.29) is 5.97 Å². The summed E-state index contributed by atoms with van der Waals surface area (Å²) in [5.41, 5.74) is 8.43. The van der Waals surface area contributed by atoms with Gasteiger partial charge >= 0.3 is 5.97 Å². The van der Waals surface area contributed by atoms with Crippen LogP contribution in [0.25, 0.3) is 5.69 Å². The second kappa shape index (κ2) is 5.32. The number of carbonyl (C=O) groups is 1. The molecule has 2 aromatic rings. The minimum absolute atomic E-state index is 0.324. The molecule has 18 heavy (non-hydrogen) atoms. The van der Waals surface area contributed by atoms with E-state index in [1.807, 2.05) is 16.9 Å². The molecule has 0 aliphatic heterocycles. The standard InChI is InChI=1S/C12H15N3O2S/c1-8-6-18-11(12(16)17-2)10(8)15-7-14-5-9(15)3-4-13/h5-7H,3-4,13H2,1-2H3. The third kappa shape index (κ3) is 2.16. The molecule has 0 aliphatic carbocycles. The molecule has 2 rings (SSSR count). The minimum atomic E-state index is -0.324. The second-order valence-corrected chi connectivity index (χ2v) is 4.76. The molecule has 0 radical (unpaired) electrons. The lowest BCUT2D eigenvalue weighted by atomic mass is 10.2. The van der Waals surface area contributed by atoms with Crippen molar-refractivity contribution >= 4 is 17.3 Å². The first-order valence-electron chi connectivity index (χ1n) is 5.57. The van der Waals surface area contributed by atoms with Crippen LogP contribution in [0.5, 0.6) is 0 Å². The van der Waals surface area contributed by atoms with Gasteiger partial charge in [-0.15, -0.1) is 11.3 Å². The van der Waals surface area contributed by atoms with Crippen LogP contribution in [-0.2, 0) is 11.2 Å². The first-order valence-corrected chi connectivity index (χ1v) is 6.45. The Morgan fingerprint density at radius 3 is 3.06 bits per heavy atom. The molecule has 0 saturated carbocycles. The molecule has 6 heteroatoms. The molecule has 0 aromatic carbocycles. The van der Waals surface area contributed by atoms with Crippen molar-refractivity contribution in [3.05, 3.63) is 34.0 Å². The maximum absolute atomic E-state index is 11.7. The number of aromatic nitrogens is 2. The van der Waals surface area contributed by atoms with E-state index in [1.54, 1.807) is 12.5 Å². The lowest BCUT2D eigenvalue weighted by Gasteiger charge is -2.09. The van der Waals surface area contributed by atoms with Crippen molar-refractivity contribution in [3.8, 4) is 5.69 Å². The quantitative estimate of drug-likeness (QED) is 0.851. The van der Waals surface area contributed by atoms with Crippen molar-refractivity contribution in [2.45, 2.75) is 13.3 Å². The van der Waals surface area contributed by atoms with Crippen LogP contribution in [0.3, 0.4) is 0 Å². The Bertz CT molecular complexity index is 559. The van der Waals surface area contributed by atoms with Gasteiger partial charge in [0, 0.05) is 18.3 Å². The zero-order valence-electron chi connectivity index (χ0n) is 10.3. The Morgan fingerprint density at radius 2 is 2.39 bits per heavy atom. The summed E-state index contributed by atoms with van der Waals surface area (Å²) in [4.78, 5) is 16.5. The van der Waals surface area contributed by atoms with Crippen molar-refractivity contribution in [1.82, 2.24) is 9.55 Å². The lowest BCUT2D eigenvalue weighted by molar-refractivity contribution is 0.0606. The van der Waals surface area contributed by atoms with Crippen LogP contribution in [0, 0.1) is 6.92 Å². The Balaban J connectivity index is 2.52. The highest BCUT2D eigenvalue weighted by molar-refractivity contribution is 7.12. The zero-order valence-corrected chi connectivity index (χ0v) is 11.2. The summed E-state index contributed by atoms with van der Waals surface area (Å²) >= 11 is 1.38. The van der Waals surface area contributed by atoms with Crippen LogP contribution in [0.4, 0.5) is 0 Å². The lowest BCUT2D eigenvalue weighted by Crippen LogP contribution is -2.10. The fourth-order valence-electron chi connectivity index (χ4n) is 1.83. The third-order valence-electron chi connectivity index (χ3n) is 2.67. The number of nitrogens with zero attached hydrogens (tertiary/aromatic N) is 2. The number of ether oxygens (including phenoxy) is 1. The number of methoxy groups -OCH3 is 1. The zero-order chi connectivity index (χ0) is 13.1. The number of aryl methyl sites for hydroxylation is 1. The SMILES string of the molecule is COC(=O)c1scc(C)c1-n1cncc1CCN. The Morgan fingerprint density at radius 1 is 1.61 bits per heavy atom. The Labute approximate surface area is 109 Å². The molecule has 0 unspecified atom stereocenters. The topological polar surface area (TPSA) is 70.1 Å². The molecule has 0 atom stereocenters. The smallest absolute Gasteiger partial charge is 0.350 e. The summed E-state index contributed by atoms with van der Waals surface area (Å²) in [6, 6.07) is 0. The molecule has 5 nitrogen and oxygen atoms in total. The van der Waals surface area contributed by atoms with Crippen molar-refractivity contribution in [2.75, 3.05) is 13.7 Å². The number of hydrogen-bond acceptors (Lipinski definition) is 5. The average molecular weight is 265 g/mol. The highest BCUT2D eigenvalue weighted by Crippen LogP contribution is 2.27. The highest BCUT2D eigenvalue weighted by atomic mass is 32.1. The number of nitrogens with two attached hydrogens (primary N) is 1. The van der Waals surface area contributed by atoms with Gasteiger partial charge in [-0.25, -0.2) is 9.78 Å². The second-order valence-electron chi connectivity index (χ2n) is 3.88. The van der Waals surface area contributed by atoms with Gasteiger partial charge in [-0.2, -0.15) is 0 Å². The van der Waals surface area contributed by atoms with Gasteiger partial charge in [-0.3, -0.25) is 0 Å². The number of rotatable bonds is 4. The van der Waals surface area contributed by atoms with E-state index in [2.05, 4.69) is 4.98 Å². The molecular weight excluding hydrogens is 250 g/mol. The van der Waals surface area contributed by atoms with Crippen molar-refractivity contribution in [2.24, 2.45) is 5.73 Å². The molecule has 96 valence electrons. The number of esters is 1. The average Bonchev–Trinajstić information content (AvgIpc) is 2.95. The first-order chi connectivity index (χ1) is 8.69. The van der Waals surface area contributed by atoms with E-state index in [0.29, 0.717) is 11.4 Å². The predicted molar refractivity (Wildman–Crippen MR) is 70.3 cm³/mol. The van der Waals surface area contributed by atoms with E-state index in [0.717, 1.165) is 23.4 Å². The summed E-state index contributed by atoms with van der Waals surface area (Å²) in [6.45, 7) is 2.51. The molecule has 0 bridgehead atoms. The van der Waals surface area contributed by atoms with Gasteiger partial charge in [-0.1, -0.05) is 0 Å². The van der Waals surface area contributed by atoms with Crippen LogP contribution < -0.4 is 5.73 Å². The summed E-state index contributed by atoms with van der Waals surface area (Å²) in [6.07, 6.45) is 4.19. The largest absolute Gasteiger partial charge is 0.465 e. The number of carbonyl (C=O) groups excluding carboxylic acids is 1. The van der Waals surface area contributed by atoms with E-state index in [1.165, 1.54) is 18.4 Å². The van der Waals surface area contributed by atoms with Gasteiger partial charge in [0.1, 0.15) is 4.88 Å². The van der Waals surface area contributed by atoms with E-state index >= 15 is 0 Å². The predicted octanol–water partition coefficient (Wildman–Crippen LogP) is 1.53. The fraction of sp³-hybridized carbons (Fsp3) is 0.333. The highest BCUT2D eigenvalue weighted by Gasteiger charge is 2.19. The Kier molecular flexibility index (Phi) is 3.78. The van der Waals surface area contributed by atoms with E-state index < -0.39 is 0 Å². The van der Waals surface area contributed by atoms with Crippen LogP contribution in [0.1, 0.15) is 20.9 Å². The van der Waals surface area contributed by atoms with Crippen molar-refractivity contribution < 1.29 is 9.53 Å². The van der Waals surface area contributed by atoms with E-state index in [4.69, 9.17) is 10.5 Å². The normalized spacial score (nSPS) is 10.6. The van der Waals surface area contributed by atoms with Gasteiger partial charge in [0.05, 0.1) is 19.1 Å². The van der Waals surface area contributed by atoms with Gasteiger partial charge < -0.3 is 15.0 Å². The molecule has 2 heterocycles. The van der Waals surface area contributed by atoms with Gasteiger partial charge in [0.2, 0.25) is 0 Å². The molecule has 0 aliphatic rings.